The average molecular weight is 396 g/mol. The van der Waals surface area contributed by atoms with Crippen molar-refractivity contribution in [1.29, 1.82) is 0 Å². The largest absolute Gasteiger partial charge is 0.357 e. The summed E-state index contributed by atoms with van der Waals surface area (Å²) in [6.07, 6.45) is 1.72. The van der Waals surface area contributed by atoms with E-state index in [0.29, 0.717) is 0 Å². The molecular weight excluding hydrogens is 370 g/mol. The van der Waals surface area contributed by atoms with Crippen LogP contribution in [0, 0.1) is 0 Å². The van der Waals surface area contributed by atoms with Crippen LogP contribution in [-0.4, -0.2) is 26.5 Å². The van der Waals surface area contributed by atoms with Gasteiger partial charge < -0.3 is 4.90 Å². The number of nitrogens with zero attached hydrogens (tertiary/aromatic N) is 2. The van der Waals surface area contributed by atoms with Crippen LogP contribution in [0.15, 0.2) is 77.8 Å². The minimum Gasteiger partial charge on any atom is -0.357 e. The molecule has 0 bridgehead atoms. The van der Waals surface area contributed by atoms with Gasteiger partial charge in [0.1, 0.15) is 5.82 Å². The minimum atomic E-state index is -3.58. The lowest BCUT2D eigenvalue weighted by Gasteiger charge is -2.19. The average Bonchev–Trinajstić information content (AvgIpc) is 2.75. The Hall–Kier alpha value is -2.70. The molecule has 2 aromatic carbocycles. The summed E-state index contributed by atoms with van der Waals surface area (Å²) in [5, 5.41) is 0. The number of benzene rings is 2. The lowest BCUT2D eigenvalue weighted by Crippen LogP contribution is -2.24. The molecule has 3 aromatic rings. The van der Waals surface area contributed by atoms with E-state index >= 15 is 0 Å². The van der Waals surface area contributed by atoms with Gasteiger partial charge in [0, 0.05) is 25.8 Å². The van der Waals surface area contributed by atoms with Gasteiger partial charge in [0.15, 0.2) is 0 Å². The number of hydrogen-bond donors (Lipinski definition) is 1. The van der Waals surface area contributed by atoms with Crippen molar-refractivity contribution in [1.82, 2.24) is 9.71 Å². The lowest BCUT2D eigenvalue weighted by atomic mass is 10.1. The van der Waals surface area contributed by atoms with Crippen molar-refractivity contribution in [2.45, 2.75) is 25.3 Å². The molecule has 0 fully saturated rings. The molecule has 146 valence electrons. The zero-order valence-corrected chi connectivity index (χ0v) is 17.0. The summed E-state index contributed by atoms with van der Waals surface area (Å²) in [4.78, 5) is 6.82. The molecule has 0 saturated heterocycles. The van der Waals surface area contributed by atoms with E-state index in [0.717, 1.165) is 35.6 Å². The molecule has 6 heteroatoms. The Morgan fingerprint density at radius 1 is 0.857 bits per heavy atom. The molecule has 0 saturated carbocycles. The molecule has 0 radical (unpaired) electrons. The van der Waals surface area contributed by atoms with Crippen LogP contribution in [0.5, 0.6) is 0 Å². The topological polar surface area (TPSA) is 62.3 Å². The van der Waals surface area contributed by atoms with Crippen LogP contribution in [0.1, 0.15) is 19.4 Å². The van der Waals surface area contributed by atoms with Crippen molar-refractivity contribution in [3.05, 3.63) is 78.5 Å². The van der Waals surface area contributed by atoms with E-state index in [-0.39, 0.29) is 11.4 Å². The van der Waals surface area contributed by atoms with Gasteiger partial charge in [-0.1, -0.05) is 48.5 Å². The van der Waals surface area contributed by atoms with Crippen molar-refractivity contribution in [3.8, 4) is 11.1 Å². The van der Waals surface area contributed by atoms with Crippen LogP contribution in [0.4, 0.5) is 5.82 Å². The molecule has 0 unspecified atom stereocenters. The second-order valence-electron chi connectivity index (χ2n) is 6.41. The van der Waals surface area contributed by atoms with Gasteiger partial charge in [-0.3, -0.25) is 0 Å². The number of aromatic nitrogens is 1. The van der Waals surface area contributed by atoms with E-state index in [1.54, 1.807) is 18.3 Å². The third-order valence-electron chi connectivity index (χ3n) is 4.63. The maximum Gasteiger partial charge on any atom is 0.240 e. The second-order valence-corrected chi connectivity index (χ2v) is 8.18. The van der Waals surface area contributed by atoms with Gasteiger partial charge in [-0.05, 0) is 48.7 Å². The van der Waals surface area contributed by atoms with Crippen LogP contribution in [0.2, 0.25) is 0 Å². The minimum absolute atomic E-state index is 0.203. The third-order valence-corrected chi connectivity index (χ3v) is 6.05. The van der Waals surface area contributed by atoms with Gasteiger partial charge in [0.05, 0.1) is 4.90 Å². The van der Waals surface area contributed by atoms with Crippen LogP contribution in [0.25, 0.3) is 11.1 Å². The maximum atomic E-state index is 12.6. The number of anilines is 1. The first-order chi connectivity index (χ1) is 13.5. The number of nitrogens with one attached hydrogen (secondary N) is 1. The van der Waals surface area contributed by atoms with Gasteiger partial charge in [0.2, 0.25) is 10.0 Å². The van der Waals surface area contributed by atoms with E-state index in [1.807, 2.05) is 54.6 Å². The van der Waals surface area contributed by atoms with Gasteiger partial charge in [0.25, 0.3) is 0 Å². The predicted molar refractivity (Wildman–Crippen MR) is 114 cm³/mol. The summed E-state index contributed by atoms with van der Waals surface area (Å²) in [6.45, 7) is 6.13. The highest BCUT2D eigenvalue weighted by molar-refractivity contribution is 7.89. The quantitative estimate of drug-likeness (QED) is 0.624. The first kappa shape index (κ1) is 20.0. The van der Waals surface area contributed by atoms with E-state index in [9.17, 15) is 8.42 Å². The summed E-state index contributed by atoms with van der Waals surface area (Å²) in [5.41, 5.74) is 2.86. The zero-order valence-electron chi connectivity index (χ0n) is 16.2. The fourth-order valence-corrected chi connectivity index (χ4v) is 3.99. The SMILES string of the molecule is CCN(CC)c1ccc(CNS(=O)(=O)c2ccc(-c3ccccc3)cc2)cn1. The van der Waals surface area contributed by atoms with Crippen molar-refractivity contribution in [2.75, 3.05) is 18.0 Å². The fourth-order valence-electron chi connectivity index (χ4n) is 2.97. The zero-order chi connectivity index (χ0) is 20.0. The Morgan fingerprint density at radius 3 is 2.07 bits per heavy atom. The number of hydrogen-bond acceptors (Lipinski definition) is 4. The molecule has 28 heavy (non-hydrogen) atoms. The fraction of sp³-hybridized carbons (Fsp3) is 0.227. The molecule has 1 aromatic heterocycles. The van der Waals surface area contributed by atoms with Gasteiger partial charge in [-0.25, -0.2) is 18.1 Å². The summed E-state index contributed by atoms with van der Waals surface area (Å²) in [7, 11) is -3.58. The normalized spacial score (nSPS) is 11.4. The smallest absolute Gasteiger partial charge is 0.240 e. The highest BCUT2D eigenvalue weighted by atomic mass is 32.2. The van der Waals surface area contributed by atoms with E-state index in [4.69, 9.17) is 0 Å². The first-order valence-corrected chi connectivity index (χ1v) is 10.9. The molecule has 0 aliphatic rings. The molecule has 3 rings (SSSR count). The third kappa shape index (κ3) is 4.77. The highest BCUT2D eigenvalue weighted by Crippen LogP contribution is 2.21. The Kier molecular flexibility index (Phi) is 6.44. The Balaban J connectivity index is 1.67. The summed E-state index contributed by atoms with van der Waals surface area (Å²) in [5.74, 6) is 0.896. The first-order valence-electron chi connectivity index (χ1n) is 9.38. The van der Waals surface area contributed by atoms with Crippen molar-refractivity contribution >= 4 is 15.8 Å². The highest BCUT2D eigenvalue weighted by Gasteiger charge is 2.14. The van der Waals surface area contributed by atoms with Gasteiger partial charge in [-0.15, -0.1) is 0 Å². The molecular formula is C22H25N3O2S. The van der Waals surface area contributed by atoms with Crippen LogP contribution >= 0.6 is 0 Å². The Bertz CT molecular complexity index is 982. The van der Waals surface area contributed by atoms with Crippen molar-refractivity contribution in [2.24, 2.45) is 0 Å². The lowest BCUT2D eigenvalue weighted by molar-refractivity contribution is 0.581. The van der Waals surface area contributed by atoms with E-state index in [2.05, 4.69) is 28.5 Å². The van der Waals surface area contributed by atoms with Crippen molar-refractivity contribution < 1.29 is 8.42 Å². The molecule has 0 amide bonds. The van der Waals surface area contributed by atoms with E-state index < -0.39 is 10.0 Å². The molecule has 5 nitrogen and oxygen atoms in total. The number of sulfonamides is 1. The summed E-state index contributed by atoms with van der Waals surface area (Å²) < 4.78 is 27.8. The molecule has 1 N–H and O–H groups in total. The number of rotatable bonds is 8. The summed E-state index contributed by atoms with van der Waals surface area (Å²) >= 11 is 0. The molecule has 0 atom stereocenters. The Labute approximate surface area is 167 Å². The second kappa shape index (κ2) is 8.99. The van der Waals surface area contributed by atoms with Gasteiger partial charge in [-0.2, -0.15) is 0 Å². The van der Waals surface area contributed by atoms with Gasteiger partial charge >= 0.3 is 0 Å². The maximum absolute atomic E-state index is 12.6. The van der Waals surface area contributed by atoms with Crippen LogP contribution in [0.3, 0.4) is 0 Å². The van der Waals surface area contributed by atoms with Crippen LogP contribution in [-0.2, 0) is 16.6 Å². The monoisotopic (exact) mass is 395 g/mol. The van der Waals surface area contributed by atoms with E-state index in [1.165, 1.54) is 0 Å². The molecule has 0 spiro atoms. The Morgan fingerprint density at radius 2 is 1.50 bits per heavy atom. The van der Waals surface area contributed by atoms with Crippen molar-refractivity contribution in [3.63, 3.8) is 0 Å². The molecule has 0 aliphatic heterocycles. The van der Waals surface area contributed by atoms with Crippen LogP contribution < -0.4 is 9.62 Å². The summed E-state index contributed by atoms with van der Waals surface area (Å²) in [6, 6.07) is 20.6. The number of pyridine rings is 1. The predicted octanol–water partition coefficient (Wildman–Crippen LogP) is 4.07. The standard InChI is InChI=1S/C22H25N3O2S/c1-3-25(4-2)22-15-10-18(16-23-22)17-24-28(26,27)21-13-11-20(12-14-21)19-8-6-5-7-9-19/h5-16,24H,3-4,17H2,1-2H3. The molecule has 0 aliphatic carbocycles. The molecule has 1 heterocycles.